The Hall–Kier alpha value is -1.30. The first-order valence-electron chi connectivity index (χ1n) is 7.84. The van der Waals surface area contributed by atoms with Gasteiger partial charge in [0.15, 0.2) is 5.82 Å². The van der Waals surface area contributed by atoms with Crippen molar-refractivity contribution in [3.8, 4) is 0 Å². The van der Waals surface area contributed by atoms with Gasteiger partial charge in [0.2, 0.25) is 0 Å². The summed E-state index contributed by atoms with van der Waals surface area (Å²) in [5, 5.41) is 4.20. The number of carbonyl (C=O) groups is 1. The standard InChI is InChI=1S/C15H25N3O2S/c1-3-5-10-6-8-11(9-7-10)17-14-12(13(16)18-21-14)15(19)20-4-2/h10-11,17H,3-9H2,1-2H3,(H2,16,18). The van der Waals surface area contributed by atoms with Crippen molar-refractivity contribution in [3.05, 3.63) is 5.56 Å². The largest absolute Gasteiger partial charge is 0.462 e. The molecule has 1 aliphatic rings. The van der Waals surface area contributed by atoms with Crippen LogP contribution in [0.4, 0.5) is 10.8 Å². The van der Waals surface area contributed by atoms with Crippen LogP contribution in [0, 0.1) is 5.92 Å². The molecule has 118 valence electrons. The van der Waals surface area contributed by atoms with E-state index in [0.717, 1.165) is 23.8 Å². The van der Waals surface area contributed by atoms with Gasteiger partial charge >= 0.3 is 5.97 Å². The van der Waals surface area contributed by atoms with Crippen LogP contribution in [0.25, 0.3) is 0 Å². The minimum absolute atomic E-state index is 0.264. The van der Waals surface area contributed by atoms with Crippen molar-refractivity contribution < 1.29 is 9.53 Å². The summed E-state index contributed by atoms with van der Waals surface area (Å²) in [4.78, 5) is 12.0. The van der Waals surface area contributed by atoms with Crippen LogP contribution in [0.15, 0.2) is 0 Å². The smallest absolute Gasteiger partial charge is 0.344 e. The maximum atomic E-state index is 12.0. The summed E-state index contributed by atoms with van der Waals surface area (Å²) in [6.07, 6.45) is 7.40. The molecule has 0 radical (unpaired) electrons. The van der Waals surface area contributed by atoms with E-state index < -0.39 is 0 Å². The van der Waals surface area contributed by atoms with E-state index in [1.807, 2.05) is 0 Å². The second-order valence-electron chi connectivity index (χ2n) is 5.64. The maximum absolute atomic E-state index is 12.0. The summed E-state index contributed by atoms with van der Waals surface area (Å²) in [5.74, 6) is 0.746. The molecule has 0 bridgehead atoms. The minimum Gasteiger partial charge on any atom is -0.462 e. The van der Waals surface area contributed by atoms with E-state index in [2.05, 4.69) is 16.6 Å². The first-order chi connectivity index (χ1) is 10.2. The van der Waals surface area contributed by atoms with E-state index in [9.17, 15) is 4.79 Å². The Balaban J connectivity index is 1.96. The molecule has 1 aromatic heterocycles. The van der Waals surface area contributed by atoms with Crippen molar-refractivity contribution in [1.29, 1.82) is 0 Å². The summed E-state index contributed by atoms with van der Waals surface area (Å²) < 4.78 is 9.14. The van der Waals surface area contributed by atoms with E-state index in [1.165, 1.54) is 37.2 Å². The molecule has 0 atom stereocenters. The molecule has 1 saturated carbocycles. The number of nitrogens with zero attached hydrogens (tertiary/aromatic N) is 1. The van der Waals surface area contributed by atoms with E-state index in [0.29, 0.717) is 18.2 Å². The molecule has 0 amide bonds. The lowest BCUT2D eigenvalue weighted by atomic mass is 9.83. The molecular weight excluding hydrogens is 286 g/mol. The zero-order valence-electron chi connectivity index (χ0n) is 12.9. The number of nitrogens with one attached hydrogen (secondary N) is 1. The number of ether oxygens (including phenoxy) is 1. The zero-order valence-corrected chi connectivity index (χ0v) is 13.7. The van der Waals surface area contributed by atoms with Gasteiger partial charge in [0, 0.05) is 6.04 Å². The van der Waals surface area contributed by atoms with E-state index in [-0.39, 0.29) is 11.8 Å². The molecule has 1 heterocycles. The van der Waals surface area contributed by atoms with Gasteiger partial charge in [0.05, 0.1) is 6.61 Å². The molecule has 2 rings (SSSR count). The number of nitrogen functional groups attached to an aromatic ring is 1. The van der Waals surface area contributed by atoms with Gasteiger partial charge in [-0.15, -0.1) is 0 Å². The van der Waals surface area contributed by atoms with Crippen molar-refractivity contribution >= 4 is 28.3 Å². The van der Waals surface area contributed by atoms with Crippen LogP contribution in [0.3, 0.4) is 0 Å². The molecule has 6 heteroatoms. The number of rotatable bonds is 6. The van der Waals surface area contributed by atoms with Crippen LogP contribution >= 0.6 is 11.5 Å². The molecule has 1 aromatic rings. The first-order valence-corrected chi connectivity index (χ1v) is 8.61. The van der Waals surface area contributed by atoms with Gasteiger partial charge in [-0.2, -0.15) is 4.37 Å². The third-order valence-electron chi connectivity index (χ3n) is 4.08. The van der Waals surface area contributed by atoms with Gasteiger partial charge in [-0.25, -0.2) is 4.79 Å². The normalized spacial score (nSPS) is 22.0. The molecule has 5 nitrogen and oxygen atoms in total. The lowest BCUT2D eigenvalue weighted by Crippen LogP contribution is -2.26. The Labute approximate surface area is 130 Å². The summed E-state index contributed by atoms with van der Waals surface area (Å²) in [6.45, 7) is 4.38. The van der Waals surface area contributed by atoms with Crippen LogP contribution in [-0.4, -0.2) is 23.0 Å². The van der Waals surface area contributed by atoms with E-state index in [1.54, 1.807) is 6.92 Å². The average Bonchev–Trinajstić information content (AvgIpc) is 2.82. The van der Waals surface area contributed by atoms with Crippen molar-refractivity contribution in [2.45, 2.75) is 58.4 Å². The van der Waals surface area contributed by atoms with Gasteiger partial charge in [-0.3, -0.25) is 0 Å². The zero-order chi connectivity index (χ0) is 15.2. The third-order valence-corrected chi connectivity index (χ3v) is 4.87. The summed E-state index contributed by atoms with van der Waals surface area (Å²) in [7, 11) is 0. The fraction of sp³-hybridized carbons (Fsp3) is 0.733. The van der Waals surface area contributed by atoms with Crippen LogP contribution in [-0.2, 0) is 4.74 Å². The quantitative estimate of drug-likeness (QED) is 0.784. The highest BCUT2D eigenvalue weighted by Crippen LogP contribution is 2.33. The highest BCUT2D eigenvalue weighted by molar-refractivity contribution is 7.11. The number of anilines is 2. The lowest BCUT2D eigenvalue weighted by molar-refractivity contribution is 0.0529. The van der Waals surface area contributed by atoms with E-state index in [4.69, 9.17) is 10.5 Å². The third kappa shape index (κ3) is 4.09. The Morgan fingerprint density at radius 3 is 2.71 bits per heavy atom. The SMILES string of the molecule is CCCC1CCC(Nc2snc(N)c2C(=O)OCC)CC1. The predicted molar refractivity (Wildman–Crippen MR) is 86.8 cm³/mol. The fourth-order valence-electron chi connectivity index (χ4n) is 2.99. The van der Waals surface area contributed by atoms with Gasteiger partial charge in [0.1, 0.15) is 10.6 Å². The van der Waals surface area contributed by atoms with Gasteiger partial charge in [-0.1, -0.05) is 19.8 Å². The van der Waals surface area contributed by atoms with Crippen LogP contribution < -0.4 is 11.1 Å². The summed E-state index contributed by atoms with van der Waals surface area (Å²) >= 11 is 1.25. The van der Waals surface area contributed by atoms with Crippen molar-refractivity contribution in [2.24, 2.45) is 5.92 Å². The predicted octanol–water partition coefficient (Wildman–Crippen LogP) is 3.67. The molecular formula is C15H25N3O2S. The molecule has 0 unspecified atom stereocenters. The lowest BCUT2D eigenvalue weighted by Gasteiger charge is -2.29. The highest BCUT2D eigenvalue weighted by Gasteiger charge is 2.25. The maximum Gasteiger partial charge on any atom is 0.344 e. The highest BCUT2D eigenvalue weighted by atomic mass is 32.1. The monoisotopic (exact) mass is 311 g/mol. The molecule has 1 fully saturated rings. The van der Waals surface area contributed by atoms with Crippen LogP contribution in [0.5, 0.6) is 0 Å². The molecule has 0 spiro atoms. The second-order valence-corrected chi connectivity index (χ2v) is 6.42. The van der Waals surface area contributed by atoms with E-state index >= 15 is 0 Å². The fourth-order valence-corrected chi connectivity index (χ4v) is 3.77. The Morgan fingerprint density at radius 1 is 1.38 bits per heavy atom. The number of carbonyl (C=O) groups excluding carboxylic acids is 1. The Morgan fingerprint density at radius 2 is 2.10 bits per heavy atom. The van der Waals surface area contributed by atoms with Crippen LogP contribution in [0.1, 0.15) is 62.7 Å². The van der Waals surface area contributed by atoms with Gasteiger partial charge in [-0.05, 0) is 50.1 Å². The van der Waals surface area contributed by atoms with Crippen molar-refractivity contribution in [1.82, 2.24) is 4.37 Å². The molecule has 3 N–H and O–H groups in total. The number of nitrogens with two attached hydrogens (primary N) is 1. The minimum atomic E-state index is -0.383. The summed E-state index contributed by atoms with van der Waals surface area (Å²) in [6, 6.07) is 0.408. The number of hydrogen-bond donors (Lipinski definition) is 2. The molecule has 0 saturated heterocycles. The van der Waals surface area contributed by atoms with Crippen molar-refractivity contribution in [2.75, 3.05) is 17.7 Å². The average molecular weight is 311 g/mol. The topological polar surface area (TPSA) is 77.2 Å². The van der Waals surface area contributed by atoms with Crippen LogP contribution in [0.2, 0.25) is 0 Å². The van der Waals surface area contributed by atoms with Gasteiger partial charge < -0.3 is 15.8 Å². The Bertz CT molecular complexity index is 467. The second kappa shape index (κ2) is 7.64. The van der Waals surface area contributed by atoms with Crippen molar-refractivity contribution in [3.63, 3.8) is 0 Å². The first kappa shape index (κ1) is 16.1. The van der Waals surface area contributed by atoms with Gasteiger partial charge in [0.25, 0.3) is 0 Å². The summed E-state index contributed by atoms with van der Waals surface area (Å²) in [5.41, 5.74) is 6.20. The molecule has 0 aromatic carbocycles. The Kier molecular flexibility index (Phi) is 5.85. The molecule has 0 aliphatic heterocycles. The molecule has 21 heavy (non-hydrogen) atoms. The molecule has 1 aliphatic carbocycles. The number of esters is 1. The number of hydrogen-bond acceptors (Lipinski definition) is 6. The number of aromatic nitrogens is 1.